The Bertz CT molecular complexity index is 387. The van der Waals surface area contributed by atoms with Gasteiger partial charge in [-0.25, -0.2) is 0 Å². The van der Waals surface area contributed by atoms with Gasteiger partial charge >= 0.3 is 6.36 Å². The molecule has 2 unspecified atom stereocenters. The largest absolute Gasteiger partial charge is 0.573 e. The predicted molar refractivity (Wildman–Crippen MR) is 69.0 cm³/mol. The highest BCUT2D eigenvalue weighted by atomic mass is 19.4. The van der Waals surface area contributed by atoms with Gasteiger partial charge in [0.15, 0.2) is 0 Å². The van der Waals surface area contributed by atoms with Gasteiger partial charge in [-0.15, -0.1) is 13.2 Å². The Hall–Kier alpha value is -1.23. The molecule has 0 amide bonds. The number of benzene rings is 1. The SMILES string of the molecule is CC(NC(C)C(C)C)c1ccc(OC(F)(F)F)cc1. The van der Waals surface area contributed by atoms with E-state index in [1.807, 2.05) is 6.92 Å². The fraction of sp³-hybridized carbons (Fsp3) is 0.571. The molecule has 0 saturated heterocycles. The van der Waals surface area contributed by atoms with Gasteiger partial charge in [0.05, 0.1) is 0 Å². The lowest BCUT2D eigenvalue weighted by Crippen LogP contribution is -2.32. The van der Waals surface area contributed by atoms with Crippen molar-refractivity contribution in [3.63, 3.8) is 0 Å². The summed E-state index contributed by atoms with van der Waals surface area (Å²) in [7, 11) is 0. The van der Waals surface area contributed by atoms with Gasteiger partial charge in [-0.2, -0.15) is 0 Å². The van der Waals surface area contributed by atoms with E-state index in [1.54, 1.807) is 12.1 Å². The average molecular weight is 275 g/mol. The van der Waals surface area contributed by atoms with Crippen molar-refractivity contribution in [2.75, 3.05) is 0 Å². The van der Waals surface area contributed by atoms with E-state index in [2.05, 4.69) is 30.8 Å². The number of ether oxygens (including phenoxy) is 1. The lowest BCUT2D eigenvalue weighted by Gasteiger charge is -2.23. The van der Waals surface area contributed by atoms with E-state index in [4.69, 9.17) is 0 Å². The van der Waals surface area contributed by atoms with Crippen molar-refractivity contribution in [1.82, 2.24) is 5.32 Å². The highest BCUT2D eigenvalue weighted by Gasteiger charge is 2.31. The molecule has 0 fully saturated rings. The quantitative estimate of drug-likeness (QED) is 0.866. The number of nitrogens with one attached hydrogen (secondary N) is 1. The van der Waals surface area contributed by atoms with Crippen molar-refractivity contribution in [3.05, 3.63) is 29.8 Å². The van der Waals surface area contributed by atoms with Gasteiger partial charge in [0.1, 0.15) is 5.75 Å². The zero-order chi connectivity index (χ0) is 14.6. The molecule has 0 aliphatic carbocycles. The summed E-state index contributed by atoms with van der Waals surface area (Å²) in [5.41, 5.74) is 0.932. The molecule has 108 valence electrons. The number of rotatable bonds is 5. The van der Waals surface area contributed by atoms with Crippen molar-refractivity contribution in [2.24, 2.45) is 5.92 Å². The standard InChI is InChI=1S/C14H20F3NO/c1-9(2)10(3)18-11(4)12-5-7-13(8-6-12)19-14(15,16)17/h5-11,18H,1-4H3. The first-order chi connectivity index (χ1) is 8.69. The van der Waals surface area contributed by atoms with Crippen LogP contribution in [-0.4, -0.2) is 12.4 Å². The van der Waals surface area contributed by atoms with Gasteiger partial charge in [-0.3, -0.25) is 0 Å². The molecular weight excluding hydrogens is 255 g/mol. The van der Waals surface area contributed by atoms with Crippen molar-refractivity contribution in [3.8, 4) is 5.75 Å². The van der Waals surface area contributed by atoms with Crippen molar-refractivity contribution >= 4 is 0 Å². The molecule has 5 heteroatoms. The summed E-state index contributed by atoms with van der Waals surface area (Å²) in [4.78, 5) is 0. The number of hydrogen-bond donors (Lipinski definition) is 1. The fourth-order valence-corrected chi connectivity index (χ4v) is 1.64. The highest BCUT2D eigenvalue weighted by Crippen LogP contribution is 2.24. The summed E-state index contributed by atoms with van der Waals surface area (Å²) in [5, 5.41) is 3.40. The van der Waals surface area contributed by atoms with E-state index in [9.17, 15) is 13.2 Å². The van der Waals surface area contributed by atoms with Crippen LogP contribution in [0.4, 0.5) is 13.2 Å². The topological polar surface area (TPSA) is 21.3 Å². The maximum atomic E-state index is 12.0. The Morgan fingerprint density at radius 1 is 1.00 bits per heavy atom. The van der Waals surface area contributed by atoms with E-state index in [0.29, 0.717) is 12.0 Å². The summed E-state index contributed by atoms with van der Waals surface area (Å²) in [5.74, 6) is 0.302. The molecule has 19 heavy (non-hydrogen) atoms. The third kappa shape index (κ3) is 5.51. The Morgan fingerprint density at radius 3 is 1.95 bits per heavy atom. The first kappa shape index (κ1) is 15.8. The Labute approximate surface area is 112 Å². The second-order valence-corrected chi connectivity index (χ2v) is 5.04. The summed E-state index contributed by atoms with van der Waals surface area (Å²) < 4.78 is 39.9. The maximum absolute atomic E-state index is 12.0. The second kappa shape index (κ2) is 6.28. The molecule has 0 aliphatic rings. The van der Waals surface area contributed by atoms with Crippen LogP contribution < -0.4 is 10.1 Å². The van der Waals surface area contributed by atoms with Crippen LogP contribution in [0.15, 0.2) is 24.3 Å². The van der Waals surface area contributed by atoms with Gasteiger partial charge in [0.2, 0.25) is 0 Å². The third-order valence-electron chi connectivity index (χ3n) is 3.13. The van der Waals surface area contributed by atoms with Gasteiger partial charge in [0.25, 0.3) is 0 Å². The van der Waals surface area contributed by atoms with Crippen LogP contribution in [0.2, 0.25) is 0 Å². The van der Waals surface area contributed by atoms with Crippen LogP contribution in [0.3, 0.4) is 0 Å². The van der Waals surface area contributed by atoms with Crippen molar-refractivity contribution in [1.29, 1.82) is 0 Å². The minimum absolute atomic E-state index is 0.0809. The lowest BCUT2D eigenvalue weighted by atomic mass is 10.0. The lowest BCUT2D eigenvalue weighted by molar-refractivity contribution is -0.274. The molecule has 0 radical (unpaired) electrons. The molecule has 1 aromatic rings. The first-order valence-corrected chi connectivity index (χ1v) is 6.31. The molecule has 2 atom stereocenters. The van der Waals surface area contributed by atoms with Gasteiger partial charge < -0.3 is 10.1 Å². The molecule has 2 nitrogen and oxygen atoms in total. The Morgan fingerprint density at radius 2 is 1.53 bits per heavy atom. The smallest absolute Gasteiger partial charge is 0.406 e. The van der Waals surface area contributed by atoms with E-state index >= 15 is 0 Å². The number of hydrogen-bond acceptors (Lipinski definition) is 2. The van der Waals surface area contributed by atoms with Crippen LogP contribution in [0, 0.1) is 5.92 Å². The van der Waals surface area contributed by atoms with E-state index < -0.39 is 6.36 Å². The van der Waals surface area contributed by atoms with Crippen LogP contribution in [0.25, 0.3) is 0 Å². The maximum Gasteiger partial charge on any atom is 0.573 e. The summed E-state index contributed by atoms with van der Waals surface area (Å²) in [6, 6.07) is 6.37. The van der Waals surface area contributed by atoms with Crippen LogP contribution in [0.5, 0.6) is 5.75 Å². The van der Waals surface area contributed by atoms with Crippen molar-refractivity contribution < 1.29 is 17.9 Å². The Balaban J connectivity index is 2.65. The second-order valence-electron chi connectivity index (χ2n) is 5.04. The first-order valence-electron chi connectivity index (χ1n) is 6.31. The average Bonchev–Trinajstić information content (AvgIpc) is 2.27. The molecular formula is C14H20F3NO. The van der Waals surface area contributed by atoms with E-state index in [-0.39, 0.29) is 11.8 Å². The fourth-order valence-electron chi connectivity index (χ4n) is 1.64. The molecule has 0 spiro atoms. The third-order valence-corrected chi connectivity index (χ3v) is 3.13. The molecule has 1 aromatic carbocycles. The summed E-state index contributed by atoms with van der Waals surface area (Å²) >= 11 is 0. The van der Waals surface area contributed by atoms with Crippen LogP contribution >= 0.6 is 0 Å². The minimum atomic E-state index is -4.64. The van der Waals surface area contributed by atoms with E-state index in [1.165, 1.54) is 12.1 Å². The zero-order valence-electron chi connectivity index (χ0n) is 11.6. The van der Waals surface area contributed by atoms with E-state index in [0.717, 1.165) is 5.56 Å². The van der Waals surface area contributed by atoms with Gasteiger partial charge in [-0.1, -0.05) is 26.0 Å². The predicted octanol–water partition coefficient (Wildman–Crippen LogP) is 4.28. The molecule has 0 aliphatic heterocycles. The summed E-state index contributed by atoms with van der Waals surface area (Å²) in [6.45, 7) is 8.30. The molecule has 1 rings (SSSR count). The monoisotopic (exact) mass is 275 g/mol. The highest BCUT2D eigenvalue weighted by molar-refractivity contribution is 5.29. The van der Waals surface area contributed by atoms with Crippen LogP contribution in [0.1, 0.15) is 39.3 Å². The van der Waals surface area contributed by atoms with Gasteiger partial charge in [-0.05, 0) is 37.5 Å². The molecule has 0 aromatic heterocycles. The van der Waals surface area contributed by atoms with Crippen LogP contribution in [-0.2, 0) is 0 Å². The molecule has 0 saturated carbocycles. The summed E-state index contributed by atoms with van der Waals surface area (Å²) in [6.07, 6.45) is -4.64. The Kier molecular flexibility index (Phi) is 5.23. The normalized spacial score (nSPS) is 15.4. The zero-order valence-corrected chi connectivity index (χ0v) is 11.6. The van der Waals surface area contributed by atoms with Gasteiger partial charge in [0, 0.05) is 12.1 Å². The molecule has 0 heterocycles. The number of alkyl halides is 3. The molecule has 0 bridgehead atoms. The van der Waals surface area contributed by atoms with Crippen molar-refractivity contribution in [2.45, 2.75) is 46.1 Å². The number of halogens is 3. The molecule has 1 N–H and O–H groups in total. The minimum Gasteiger partial charge on any atom is -0.406 e.